The number of nitrogens with zero attached hydrogens (tertiary/aromatic N) is 4. The van der Waals surface area contributed by atoms with Crippen molar-refractivity contribution >= 4 is 23.5 Å². The monoisotopic (exact) mass is 370 g/mol. The highest BCUT2D eigenvalue weighted by atomic mass is 32.2. The van der Waals surface area contributed by atoms with Crippen LogP contribution in [-0.4, -0.2) is 38.6 Å². The minimum Gasteiger partial charge on any atom is -0.493 e. The molecule has 0 spiro atoms. The summed E-state index contributed by atoms with van der Waals surface area (Å²) >= 11 is 3.31. The summed E-state index contributed by atoms with van der Waals surface area (Å²) in [6.07, 6.45) is 8.77. The van der Waals surface area contributed by atoms with Crippen LogP contribution in [0.25, 0.3) is 17.2 Å². The maximum atomic E-state index is 5.62. The Labute approximate surface area is 155 Å². The van der Waals surface area contributed by atoms with Crippen LogP contribution in [0.15, 0.2) is 41.8 Å². The smallest absolute Gasteiger partial charge is 0.189 e. The Balaban J connectivity index is 1.85. The van der Waals surface area contributed by atoms with Gasteiger partial charge in [-0.15, -0.1) is 0 Å². The average molecular weight is 371 g/mol. The van der Waals surface area contributed by atoms with Crippen molar-refractivity contribution in [2.24, 2.45) is 0 Å². The molecule has 0 bridgehead atoms. The van der Waals surface area contributed by atoms with Crippen molar-refractivity contribution in [2.45, 2.75) is 17.3 Å². The number of rotatable bonds is 5. The summed E-state index contributed by atoms with van der Waals surface area (Å²) < 4.78 is 7.76. The normalized spacial score (nSPS) is 12.9. The standard InChI is InChI=1S/C18H18N4OS2/c1-24-11-14-10-20-17(13-3-4-15-12(9-13)6-8-23-15)22(14)16-5-7-19-18(21-16)25-2/h3-5,7,9-10H,6,8,11H2,1-2H3. The van der Waals surface area contributed by atoms with Crippen LogP contribution in [0.1, 0.15) is 11.3 Å². The van der Waals surface area contributed by atoms with Crippen molar-refractivity contribution in [2.75, 3.05) is 19.1 Å². The molecule has 0 saturated heterocycles. The fourth-order valence-electron chi connectivity index (χ4n) is 2.98. The molecule has 2 aromatic heterocycles. The lowest BCUT2D eigenvalue weighted by Crippen LogP contribution is -2.05. The zero-order chi connectivity index (χ0) is 17.2. The molecule has 3 aromatic rings. The molecule has 25 heavy (non-hydrogen) atoms. The van der Waals surface area contributed by atoms with E-state index in [1.54, 1.807) is 18.0 Å². The zero-order valence-electron chi connectivity index (χ0n) is 14.1. The molecule has 0 unspecified atom stereocenters. The van der Waals surface area contributed by atoms with Crippen LogP contribution in [-0.2, 0) is 12.2 Å². The second kappa shape index (κ2) is 7.09. The van der Waals surface area contributed by atoms with Crippen molar-refractivity contribution < 1.29 is 4.74 Å². The summed E-state index contributed by atoms with van der Waals surface area (Å²) in [5.41, 5.74) is 3.46. The topological polar surface area (TPSA) is 52.8 Å². The summed E-state index contributed by atoms with van der Waals surface area (Å²) in [4.78, 5) is 13.7. The molecule has 128 valence electrons. The van der Waals surface area contributed by atoms with Gasteiger partial charge in [-0.05, 0) is 42.3 Å². The first-order valence-electron chi connectivity index (χ1n) is 7.99. The number of ether oxygens (including phenoxy) is 1. The Bertz CT molecular complexity index is 910. The van der Waals surface area contributed by atoms with Crippen LogP contribution in [0, 0.1) is 0 Å². The van der Waals surface area contributed by atoms with Gasteiger partial charge in [0.1, 0.15) is 17.4 Å². The van der Waals surface area contributed by atoms with Crippen molar-refractivity contribution in [3.05, 3.63) is 47.9 Å². The molecule has 0 amide bonds. The number of fused-ring (bicyclic) bond motifs is 1. The highest BCUT2D eigenvalue weighted by Gasteiger charge is 2.18. The first-order valence-corrected chi connectivity index (χ1v) is 10.6. The summed E-state index contributed by atoms with van der Waals surface area (Å²) in [7, 11) is 0. The maximum Gasteiger partial charge on any atom is 0.189 e. The van der Waals surface area contributed by atoms with Gasteiger partial charge in [0, 0.05) is 23.9 Å². The molecule has 0 saturated carbocycles. The van der Waals surface area contributed by atoms with Gasteiger partial charge in [-0.3, -0.25) is 4.57 Å². The Morgan fingerprint density at radius 3 is 2.96 bits per heavy atom. The molecule has 0 atom stereocenters. The van der Waals surface area contributed by atoms with Crippen LogP contribution in [0.2, 0.25) is 0 Å². The fraction of sp³-hybridized carbons (Fsp3) is 0.278. The average Bonchev–Trinajstić information content (AvgIpc) is 3.28. The van der Waals surface area contributed by atoms with E-state index < -0.39 is 0 Å². The van der Waals surface area contributed by atoms with Gasteiger partial charge in [0.15, 0.2) is 5.16 Å². The van der Waals surface area contributed by atoms with Crippen molar-refractivity contribution in [3.8, 4) is 23.0 Å². The fourth-order valence-corrected chi connectivity index (χ4v) is 3.83. The lowest BCUT2D eigenvalue weighted by molar-refractivity contribution is 0.357. The SMILES string of the molecule is CSCc1cnc(-c2ccc3c(c2)CCO3)n1-c1ccnc(SC)n1. The Morgan fingerprint density at radius 2 is 2.12 bits per heavy atom. The van der Waals surface area contributed by atoms with Crippen LogP contribution in [0.5, 0.6) is 5.75 Å². The first kappa shape index (κ1) is 16.5. The predicted molar refractivity (Wildman–Crippen MR) is 103 cm³/mol. The molecule has 0 N–H and O–H groups in total. The van der Waals surface area contributed by atoms with Gasteiger partial charge < -0.3 is 4.74 Å². The molecule has 0 fully saturated rings. The van der Waals surface area contributed by atoms with Crippen molar-refractivity contribution in [1.82, 2.24) is 19.5 Å². The van der Waals surface area contributed by atoms with Gasteiger partial charge in [-0.2, -0.15) is 11.8 Å². The molecular weight excluding hydrogens is 352 g/mol. The maximum absolute atomic E-state index is 5.62. The molecule has 0 radical (unpaired) electrons. The Hall–Kier alpha value is -1.99. The van der Waals surface area contributed by atoms with E-state index in [9.17, 15) is 0 Å². The van der Waals surface area contributed by atoms with Gasteiger partial charge in [-0.1, -0.05) is 11.8 Å². The van der Waals surface area contributed by atoms with Gasteiger partial charge in [0.2, 0.25) is 0 Å². The molecular formula is C18H18N4OS2. The largest absolute Gasteiger partial charge is 0.493 e. The lowest BCUT2D eigenvalue weighted by atomic mass is 10.1. The van der Waals surface area contributed by atoms with Crippen LogP contribution >= 0.6 is 23.5 Å². The van der Waals surface area contributed by atoms with Gasteiger partial charge >= 0.3 is 0 Å². The third-order valence-electron chi connectivity index (χ3n) is 4.11. The van der Waals surface area contributed by atoms with Gasteiger partial charge in [0.25, 0.3) is 0 Å². The van der Waals surface area contributed by atoms with Crippen molar-refractivity contribution in [3.63, 3.8) is 0 Å². The molecule has 1 aliphatic heterocycles. The number of hydrogen-bond donors (Lipinski definition) is 0. The van der Waals surface area contributed by atoms with Gasteiger partial charge in [0.05, 0.1) is 18.5 Å². The summed E-state index contributed by atoms with van der Waals surface area (Å²) in [6.45, 7) is 0.758. The summed E-state index contributed by atoms with van der Waals surface area (Å²) in [5.74, 6) is 3.62. The first-order chi connectivity index (χ1) is 12.3. The van der Waals surface area contributed by atoms with Crippen LogP contribution < -0.4 is 4.74 Å². The third-order valence-corrected chi connectivity index (χ3v) is 5.25. The second-order valence-electron chi connectivity index (χ2n) is 5.66. The molecule has 0 aliphatic carbocycles. The van der Waals surface area contributed by atoms with Gasteiger partial charge in [-0.25, -0.2) is 15.0 Å². The van der Waals surface area contributed by atoms with E-state index in [0.717, 1.165) is 52.6 Å². The molecule has 7 heteroatoms. The lowest BCUT2D eigenvalue weighted by Gasteiger charge is -2.12. The highest BCUT2D eigenvalue weighted by molar-refractivity contribution is 7.98. The number of imidazole rings is 1. The number of hydrogen-bond acceptors (Lipinski definition) is 6. The number of aromatic nitrogens is 4. The van der Waals surface area contributed by atoms with E-state index in [1.165, 1.54) is 17.3 Å². The van der Waals surface area contributed by atoms with E-state index in [4.69, 9.17) is 9.72 Å². The van der Waals surface area contributed by atoms with E-state index in [-0.39, 0.29) is 0 Å². The summed E-state index contributed by atoms with van der Waals surface area (Å²) in [5, 5.41) is 0.759. The van der Waals surface area contributed by atoms with Crippen molar-refractivity contribution in [1.29, 1.82) is 0 Å². The van der Waals surface area contributed by atoms with Crippen LogP contribution in [0.3, 0.4) is 0 Å². The predicted octanol–water partition coefficient (Wildman–Crippen LogP) is 3.85. The van der Waals surface area contributed by atoms with E-state index in [2.05, 4.69) is 32.9 Å². The Kier molecular flexibility index (Phi) is 4.67. The van der Waals surface area contributed by atoms with E-state index in [1.807, 2.05) is 24.6 Å². The quantitative estimate of drug-likeness (QED) is 0.502. The minimum absolute atomic E-state index is 0.758. The second-order valence-corrected chi connectivity index (χ2v) is 7.30. The molecule has 1 aromatic carbocycles. The number of thioether (sulfide) groups is 2. The van der Waals surface area contributed by atoms with E-state index >= 15 is 0 Å². The number of benzene rings is 1. The van der Waals surface area contributed by atoms with Crippen LogP contribution in [0.4, 0.5) is 0 Å². The molecule has 3 heterocycles. The minimum atomic E-state index is 0.758. The highest BCUT2D eigenvalue weighted by Crippen LogP contribution is 2.32. The molecule has 5 nitrogen and oxygen atoms in total. The summed E-state index contributed by atoms with van der Waals surface area (Å²) in [6, 6.07) is 8.23. The molecule has 4 rings (SSSR count). The third kappa shape index (κ3) is 3.14. The Morgan fingerprint density at radius 1 is 1.20 bits per heavy atom. The zero-order valence-corrected chi connectivity index (χ0v) is 15.7. The molecule has 1 aliphatic rings. The van der Waals surface area contributed by atoms with E-state index in [0.29, 0.717) is 0 Å².